The largest absolute Gasteiger partial charge is 0.497 e. The molecule has 0 radical (unpaired) electrons. The van der Waals surface area contributed by atoms with Gasteiger partial charge in [0.25, 0.3) is 26.0 Å². The van der Waals surface area contributed by atoms with Crippen molar-refractivity contribution in [2.45, 2.75) is 23.6 Å². The molecule has 4 aromatic carbocycles. The lowest BCUT2D eigenvalue weighted by molar-refractivity contribution is 0.102. The van der Waals surface area contributed by atoms with E-state index in [-0.39, 0.29) is 37.5 Å². The molecule has 220 valence electrons. The second kappa shape index (κ2) is 12.3. The van der Waals surface area contributed by atoms with E-state index in [1.807, 2.05) is 13.8 Å². The van der Waals surface area contributed by atoms with E-state index in [0.717, 1.165) is 11.1 Å². The Balaban J connectivity index is 1.50. The summed E-state index contributed by atoms with van der Waals surface area (Å²) in [5.74, 6) is 0.152. The second-order valence-corrected chi connectivity index (χ2v) is 12.9. The zero-order valence-electron chi connectivity index (χ0n) is 23.1. The first-order valence-corrected chi connectivity index (χ1v) is 15.7. The minimum Gasteiger partial charge on any atom is -0.497 e. The summed E-state index contributed by atoms with van der Waals surface area (Å²) in [4.78, 5) is 12.6. The van der Waals surface area contributed by atoms with E-state index in [2.05, 4.69) is 14.8 Å². The Morgan fingerprint density at radius 2 is 1.40 bits per heavy atom. The number of methoxy groups -OCH3 is 2. The number of carbonyl (C=O) groups excluding carboxylic acids is 1. The fourth-order valence-corrected chi connectivity index (χ4v) is 6.52. The van der Waals surface area contributed by atoms with Crippen LogP contribution in [0.25, 0.3) is 0 Å². The topological polar surface area (TPSA) is 140 Å². The number of amides is 1. The zero-order chi connectivity index (χ0) is 30.7. The van der Waals surface area contributed by atoms with Crippen LogP contribution in [0.4, 0.5) is 17.1 Å². The lowest BCUT2D eigenvalue weighted by Crippen LogP contribution is -2.17. The van der Waals surface area contributed by atoms with Gasteiger partial charge in [-0.15, -0.1) is 0 Å². The van der Waals surface area contributed by atoms with Crippen LogP contribution in [0.1, 0.15) is 21.5 Å². The van der Waals surface area contributed by atoms with Gasteiger partial charge in [-0.05, 0) is 91.7 Å². The molecular weight excluding hydrogens is 602 g/mol. The van der Waals surface area contributed by atoms with Crippen LogP contribution in [0.2, 0.25) is 5.02 Å². The number of hydrogen-bond donors (Lipinski definition) is 3. The molecule has 0 spiro atoms. The third-order valence-electron chi connectivity index (χ3n) is 6.32. The number of anilines is 3. The number of ether oxygens (including phenoxy) is 2. The smallest absolute Gasteiger partial charge is 0.263 e. The molecule has 1 amide bonds. The van der Waals surface area contributed by atoms with Crippen LogP contribution >= 0.6 is 11.6 Å². The van der Waals surface area contributed by atoms with Gasteiger partial charge < -0.3 is 14.8 Å². The Labute approximate surface area is 249 Å². The maximum atomic E-state index is 13.1. The summed E-state index contributed by atoms with van der Waals surface area (Å²) in [5.41, 5.74) is 2.81. The van der Waals surface area contributed by atoms with E-state index in [4.69, 9.17) is 21.1 Å². The van der Waals surface area contributed by atoms with Crippen molar-refractivity contribution in [1.82, 2.24) is 0 Å². The molecule has 4 rings (SSSR count). The maximum Gasteiger partial charge on any atom is 0.263 e. The Kier molecular flexibility index (Phi) is 9.00. The quantitative estimate of drug-likeness (QED) is 0.201. The van der Waals surface area contributed by atoms with Crippen molar-refractivity contribution in [3.05, 3.63) is 101 Å². The molecule has 0 heterocycles. The fourth-order valence-electron chi connectivity index (χ4n) is 3.87. The minimum atomic E-state index is -4.11. The molecule has 0 saturated carbocycles. The first-order chi connectivity index (χ1) is 19.8. The molecule has 13 heteroatoms. The van der Waals surface area contributed by atoms with Gasteiger partial charge in [-0.25, -0.2) is 16.8 Å². The average molecular weight is 630 g/mol. The molecule has 42 heavy (non-hydrogen) atoms. The van der Waals surface area contributed by atoms with Crippen LogP contribution in [-0.4, -0.2) is 37.0 Å². The Morgan fingerprint density at radius 3 is 2.05 bits per heavy atom. The predicted octanol–water partition coefficient (Wildman–Crippen LogP) is 5.83. The van der Waals surface area contributed by atoms with Gasteiger partial charge in [0.15, 0.2) is 0 Å². The highest BCUT2D eigenvalue weighted by molar-refractivity contribution is 7.93. The summed E-state index contributed by atoms with van der Waals surface area (Å²) in [6.07, 6.45) is 0. The van der Waals surface area contributed by atoms with Crippen LogP contribution < -0.4 is 24.2 Å². The zero-order valence-corrected chi connectivity index (χ0v) is 25.4. The van der Waals surface area contributed by atoms with Crippen LogP contribution in [0.15, 0.2) is 88.7 Å². The van der Waals surface area contributed by atoms with Gasteiger partial charge in [0.2, 0.25) is 0 Å². The van der Waals surface area contributed by atoms with Gasteiger partial charge in [0.05, 0.1) is 29.8 Å². The molecule has 0 aliphatic heterocycles. The molecule has 0 saturated heterocycles. The van der Waals surface area contributed by atoms with E-state index < -0.39 is 26.0 Å². The van der Waals surface area contributed by atoms with Gasteiger partial charge in [0, 0.05) is 23.0 Å². The van der Waals surface area contributed by atoms with Crippen molar-refractivity contribution in [3.8, 4) is 11.5 Å². The number of aryl methyl sites for hydroxylation is 2. The molecule has 0 unspecified atom stereocenters. The molecule has 0 fully saturated rings. The Morgan fingerprint density at radius 1 is 0.714 bits per heavy atom. The molecular formula is C29H28ClN3O7S2. The van der Waals surface area contributed by atoms with E-state index in [9.17, 15) is 21.6 Å². The minimum absolute atomic E-state index is 0.0322. The first kappa shape index (κ1) is 30.7. The van der Waals surface area contributed by atoms with E-state index in [1.54, 1.807) is 30.3 Å². The van der Waals surface area contributed by atoms with Gasteiger partial charge in [0.1, 0.15) is 16.4 Å². The Bertz CT molecular complexity index is 1860. The van der Waals surface area contributed by atoms with Gasteiger partial charge in [-0.1, -0.05) is 17.7 Å². The van der Waals surface area contributed by atoms with Crippen LogP contribution in [0, 0.1) is 13.8 Å². The second-order valence-electron chi connectivity index (χ2n) is 9.20. The van der Waals surface area contributed by atoms with Gasteiger partial charge >= 0.3 is 0 Å². The predicted molar refractivity (Wildman–Crippen MR) is 163 cm³/mol. The van der Waals surface area contributed by atoms with Crippen molar-refractivity contribution >= 4 is 54.6 Å². The summed E-state index contributed by atoms with van der Waals surface area (Å²) in [6.45, 7) is 3.78. The van der Waals surface area contributed by atoms with E-state index in [1.165, 1.54) is 62.8 Å². The number of hydrogen-bond acceptors (Lipinski definition) is 7. The van der Waals surface area contributed by atoms with Crippen molar-refractivity contribution in [2.75, 3.05) is 29.0 Å². The van der Waals surface area contributed by atoms with E-state index >= 15 is 0 Å². The number of sulfonamides is 2. The van der Waals surface area contributed by atoms with E-state index in [0.29, 0.717) is 11.4 Å². The van der Waals surface area contributed by atoms with Crippen LogP contribution in [-0.2, 0) is 20.0 Å². The summed E-state index contributed by atoms with van der Waals surface area (Å²) >= 11 is 6.19. The highest BCUT2D eigenvalue weighted by Crippen LogP contribution is 2.31. The third-order valence-corrected chi connectivity index (χ3v) is 9.56. The van der Waals surface area contributed by atoms with Gasteiger partial charge in [-0.3, -0.25) is 14.2 Å². The monoisotopic (exact) mass is 629 g/mol. The normalized spacial score (nSPS) is 11.5. The van der Waals surface area contributed by atoms with Gasteiger partial charge in [-0.2, -0.15) is 0 Å². The summed E-state index contributed by atoms with van der Waals surface area (Å²) in [7, 11) is -5.21. The molecule has 0 aliphatic carbocycles. The van der Waals surface area contributed by atoms with Crippen LogP contribution in [0.5, 0.6) is 11.5 Å². The van der Waals surface area contributed by atoms with Crippen molar-refractivity contribution in [3.63, 3.8) is 0 Å². The number of halogens is 1. The molecule has 10 nitrogen and oxygen atoms in total. The summed E-state index contributed by atoms with van der Waals surface area (Å²) in [6, 6.07) is 19.1. The SMILES string of the molecule is COc1ccc(NS(=O)(=O)c2ccc(NC(=O)c3ccc(Cl)c(S(=O)(=O)Nc4ccc(C)c(C)c4)c3)cc2)c(OC)c1. The lowest BCUT2D eigenvalue weighted by atomic mass is 10.1. The molecule has 0 aromatic heterocycles. The third kappa shape index (κ3) is 6.96. The highest BCUT2D eigenvalue weighted by atomic mass is 35.5. The maximum absolute atomic E-state index is 13.1. The first-order valence-electron chi connectivity index (χ1n) is 12.4. The van der Waals surface area contributed by atoms with Crippen molar-refractivity contribution in [2.24, 2.45) is 0 Å². The molecule has 0 atom stereocenters. The molecule has 3 N–H and O–H groups in total. The number of carbonyl (C=O) groups is 1. The highest BCUT2D eigenvalue weighted by Gasteiger charge is 2.22. The lowest BCUT2D eigenvalue weighted by Gasteiger charge is -2.14. The Hall–Kier alpha value is -4.26. The fraction of sp³-hybridized carbons (Fsp3) is 0.138. The summed E-state index contributed by atoms with van der Waals surface area (Å²) in [5, 5.41) is 2.58. The van der Waals surface area contributed by atoms with Crippen LogP contribution in [0.3, 0.4) is 0 Å². The van der Waals surface area contributed by atoms with Crippen molar-refractivity contribution < 1.29 is 31.1 Å². The number of benzene rings is 4. The standard InChI is InChI=1S/C29H28ClN3O7S2/c1-18-5-7-22(15-19(18)2)32-42(37,38)28-16-20(6-13-25(28)30)29(34)31-21-8-11-24(12-9-21)41(35,36)33-26-14-10-23(39-3)17-27(26)40-4/h5-17,32-33H,1-4H3,(H,31,34). The average Bonchev–Trinajstić information content (AvgIpc) is 2.95. The molecule has 0 aliphatic rings. The number of nitrogens with one attached hydrogen (secondary N) is 3. The van der Waals surface area contributed by atoms with Crippen molar-refractivity contribution in [1.29, 1.82) is 0 Å². The number of rotatable bonds is 10. The summed E-state index contributed by atoms with van der Waals surface area (Å²) < 4.78 is 67.4. The molecule has 0 bridgehead atoms. The molecule has 4 aromatic rings.